The van der Waals surface area contributed by atoms with E-state index in [-0.39, 0.29) is 11.6 Å². The number of carbonyl (C=O) groups excluding carboxylic acids is 2. The molecule has 160 valence electrons. The van der Waals surface area contributed by atoms with E-state index in [1.807, 2.05) is 24.3 Å². The van der Waals surface area contributed by atoms with Crippen molar-refractivity contribution in [3.05, 3.63) is 82.6 Å². The Morgan fingerprint density at radius 3 is 1.33 bits per heavy atom. The first-order chi connectivity index (χ1) is 16.0. The van der Waals surface area contributed by atoms with Crippen LogP contribution in [0.5, 0.6) is 0 Å². The zero-order valence-corrected chi connectivity index (χ0v) is 20.4. The molecule has 0 atom stereocenters. The average molecular weight is 483 g/mol. The van der Waals surface area contributed by atoms with Crippen molar-refractivity contribution in [2.24, 2.45) is 0 Å². The lowest BCUT2D eigenvalue weighted by atomic mass is 9.98. The van der Waals surface area contributed by atoms with Gasteiger partial charge in [0, 0.05) is 31.3 Å². The van der Waals surface area contributed by atoms with Crippen LogP contribution < -0.4 is 0 Å². The third kappa shape index (κ3) is 3.19. The number of rotatable bonds is 4. The molecule has 6 rings (SSSR count). The number of thiophene rings is 3. The summed E-state index contributed by atoms with van der Waals surface area (Å²) in [5.41, 5.74) is 2.32. The van der Waals surface area contributed by atoms with Gasteiger partial charge in [0.1, 0.15) is 0 Å². The van der Waals surface area contributed by atoms with Crippen molar-refractivity contribution in [3.8, 4) is 20.9 Å². The Balaban J connectivity index is 1.88. The summed E-state index contributed by atoms with van der Waals surface area (Å²) in [5, 5.41) is 4.54. The van der Waals surface area contributed by atoms with E-state index in [1.54, 1.807) is 25.2 Å². The van der Waals surface area contributed by atoms with Gasteiger partial charge in [-0.2, -0.15) is 0 Å². The zero-order chi connectivity index (χ0) is 22.7. The molecule has 5 heteroatoms. The first-order valence-corrected chi connectivity index (χ1v) is 13.1. The van der Waals surface area contributed by atoms with Crippen molar-refractivity contribution in [3.63, 3.8) is 0 Å². The van der Waals surface area contributed by atoms with E-state index < -0.39 is 0 Å². The molecule has 0 saturated heterocycles. The number of benzene rings is 3. The fourth-order valence-electron chi connectivity index (χ4n) is 4.37. The summed E-state index contributed by atoms with van der Waals surface area (Å²) in [6.45, 7) is 3.24. The minimum Gasteiger partial charge on any atom is -0.294 e. The monoisotopic (exact) mass is 482 g/mol. The summed E-state index contributed by atoms with van der Waals surface area (Å²) in [6, 6.07) is 25.0. The fourth-order valence-corrected chi connectivity index (χ4v) is 7.99. The second-order valence-electron chi connectivity index (χ2n) is 8.06. The lowest BCUT2D eigenvalue weighted by molar-refractivity contribution is 0.101. The van der Waals surface area contributed by atoms with Gasteiger partial charge in [0.2, 0.25) is 0 Å². The van der Waals surface area contributed by atoms with E-state index in [9.17, 15) is 9.59 Å². The molecule has 0 bridgehead atoms. The van der Waals surface area contributed by atoms with E-state index in [1.165, 1.54) is 43.2 Å². The Kier molecular flexibility index (Phi) is 4.80. The van der Waals surface area contributed by atoms with Gasteiger partial charge < -0.3 is 0 Å². The lowest BCUT2D eigenvalue weighted by Crippen LogP contribution is -1.84. The highest BCUT2D eigenvalue weighted by Gasteiger charge is 2.24. The summed E-state index contributed by atoms with van der Waals surface area (Å²) >= 11 is 4.86. The molecule has 0 spiro atoms. The largest absolute Gasteiger partial charge is 0.294 e. The molecular formula is C28H18O2S3. The Bertz CT molecular complexity index is 1570. The van der Waals surface area contributed by atoms with Crippen LogP contribution >= 0.6 is 34.0 Å². The van der Waals surface area contributed by atoms with Gasteiger partial charge in [-0.15, -0.1) is 34.0 Å². The standard InChI is InChI=1S/C28H18O2S3/c1-15(29)21-13-19-23-24(20-14-22(16(2)30)32-28(20)27(19)31-21)26(18-11-7-4-8-12-18)33-25(23)17-9-5-3-6-10-17/h3-14H,1-2H3. The SMILES string of the molecule is CC(=O)c1cc2c(s1)c1sc(C(C)=O)cc1c1c(-c3ccccc3)sc(-c3ccccc3)c21. The fraction of sp³-hybridized carbons (Fsp3) is 0.0714. The van der Waals surface area contributed by atoms with Gasteiger partial charge in [-0.05, 0) is 37.1 Å². The van der Waals surface area contributed by atoms with Crippen molar-refractivity contribution in [2.45, 2.75) is 13.8 Å². The van der Waals surface area contributed by atoms with Crippen molar-refractivity contribution < 1.29 is 9.59 Å². The number of fused-ring (bicyclic) bond motifs is 6. The second-order valence-corrected chi connectivity index (χ2v) is 11.2. The van der Waals surface area contributed by atoms with Gasteiger partial charge in [0.25, 0.3) is 0 Å². The highest BCUT2D eigenvalue weighted by Crippen LogP contribution is 2.53. The predicted octanol–water partition coefficient (Wildman–Crippen LogP) is 9.07. The highest BCUT2D eigenvalue weighted by atomic mass is 32.1. The van der Waals surface area contributed by atoms with Crippen LogP contribution in [0.25, 0.3) is 51.8 Å². The number of hydrogen-bond acceptors (Lipinski definition) is 5. The Morgan fingerprint density at radius 2 is 0.970 bits per heavy atom. The van der Waals surface area contributed by atoms with E-state index in [0.29, 0.717) is 0 Å². The molecule has 3 heterocycles. The molecule has 0 saturated carbocycles. The van der Waals surface area contributed by atoms with Crippen LogP contribution in [0.2, 0.25) is 0 Å². The molecule has 3 aromatic carbocycles. The van der Waals surface area contributed by atoms with E-state index in [0.717, 1.165) is 41.1 Å². The number of hydrogen-bond donors (Lipinski definition) is 0. The molecule has 2 nitrogen and oxygen atoms in total. The van der Waals surface area contributed by atoms with Gasteiger partial charge in [-0.25, -0.2) is 0 Å². The van der Waals surface area contributed by atoms with E-state index in [4.69, 9.17) is 0 Å². The highest BCUT2D eigenvalue weighted by molar-refractivity contribution is 7.29. The predicted molar refractivity (Wildman–Crippen MR) is 143 cm³/mol. The Morgan fingerprint density at radius 1 is 0.576 bits per heavy atom. The van der Waals surface area contributed by atoms with Crippen LogP contribution in [-0.2, 0) is 0 Å². The van der Waals surface area contributed by atoms with Crippen molar-refractivity contribution in [1.29, 1.82) is 0 Å². The summed E-state index contributed by atoms with van der Waals surface area (Å²) in [4.78, 5) is 28.6. The Hall–Kier alpha value is -3.12. The molecule has 0 aliphatic heterocycles. The molecule has 0 radical (unpaired) electrons. The maximum atomic E-state index is 12.3. The molecule has 0 aliphatic rings. The number of ketones is 2. The number of Topliss-reactive ketones (excluding diaryl/α,β-unsaturated/α-hetero) is 2. The second kappa shape index (κ2) is 7.73. The quantitative estimate of drug-likeness (QED) is 0.235. The lowest BCUT2D eigenvalue weighted by Gasteiger charge is -2.04. The molecule has 33 heavy (non-hydrogen) atoms. The van der Waals surface area contributed by atoms with Crippen molar-refractivity contribution >= 4 is 76.5 Å². The van der Waals surface area contributed by atoms with Crippen molar-refractivity contribution in [1.82, 2.24) is 0 Å². The number of carbonyl (C=O) groups is 2. The smallest absolute Gasteiger partial charge is 0.169 e. The molecule has 0 unspecified atom stereocenters. The minimum absolute atomic E-state index is 0.0700. The van der Waals surface area contributed by atoms with Crippen LogP contribution in [0.3, 0.4) is 0 Å². The van der Waals surface area contributed by atoms with Gasteiger partial charge in [-0.3, -0.25) is 9.59 Å². The average Bonchev–Trinajstić information content (AvgIpc) is 3.54. The molecule has 6 aromatic rings. The topological polar surface area (TPSA) is 34.1 Å². The normalized spacial score (nSPS) is 11.6. The van der Waals surface area contributed by atoms with Gasteiger partial charge >= 0.3 is 0 Å². The van der Waals surface area contributed by atoms with Crippen LogP contribution in [0.4, 0.5) is 0 Å². The molecule has 0 fully saturated rings. The summed E-state index contributed by atoms with van der Waals surface area (Å²) in [5.74, 6) is 0.140. The van der Waals surface area contributed by atoms with Gasteiger partial charge in [-0.1, -0.05) is 60.7 Å². The Labute approximate surface area is 202 Å². The first kappa shape index (κ1) is 20.5. The molecular weight excluding hydrogens is 465 g/mol. The van der Waals surface area contributed by atoms with Crippen molar-refractivity contribution in [2.75, 3.05) is 0 Å². The first-order valence-electron chi connectivity index (χ1n) is 10.6. The summed E-state index contributed by atoms with van der Waals surface area (Å²) in [6.07, 6.45) is 0. The zero-order valence-electron chi connectivity index (χ0n) is 18.0. The minimum atomic E-state index is 0.0700. The summed E-state index contributed by atoms with van der Waals surface area (Å²) < 4.78 is 2.18. The maximum absolute atomic E-state index is 12.3. The molecule has 0 N–H and O–H groups in total. The van der Waals surface area contributed by atoms with Gasteiger partial charge in [0.05, 0.1) is 19.2 Å². The third-order valence-electron chi connectivity index (χ3n) is 5.88. The van der Waals surface area contributed by atoms with Crippen LogP contribution in [0.15, 0.2) is 72.8 Å². The van der Waals surface area contributed by atoms with Gasteiger partial charge in [0.15, 0.2) is 11.6 Å². The maximum Gasteiger partial charge on any atom is 0.169 e. The van der Waals surface area contributed by atoms with E-state index >= 15 is 0 Å². The molecule has 0 amide bonds. The van der Waals surface area contributed by atoms with Crippen LogP contribution in [0, 0.1) is 0 Å². The van der Waals surface area contributed by atoms with Crippen LogP contribution in [0.1, 0.15) is 33.2 Å². The molecule has 0 aliphatic carbocycles. The third-order valence-corrected chi connectivity index (χ3v) is 9.81. The summed E-state index contributed by atoms with van der Waals surface area (Å²) in [7, 11) is 0. The van der Waals surface area contributed by atoms with Crippen LogP contribution in [-0.4, -0.2) is 11.6 Å². The van der Waals surface area contributed by atoms with E-state index in [2.05, 4.69) is 48.5 Å². The molecule has 3 aromatic heterocycles.